The SMILES string of the molecule is CCCS(=O)(=O)Nc1cccc(NC(=O)C2CCN(C(=O)c3ccc(F)cc3)CC2)c1C. The van der Waals surface area contributed by atoms with E-state index in [2.05, 4.69) is 10.0 Å². The molecular weight excluding hydrogens is 433 g/mol. The Morgan fingerprint density at radius 3 is 2.31 bits per heavy atom. The molecule has 172 valence electrons. The monoisotopic (exact) mass is 461 g/mol. The number of hydrogen-bond donors (Lipinski definition) is 2. The number of sulfonamides is 1. The number of carbonyl (C=O) groups is 2. The van der Waals surface area contributed by atoms with Gasteiger partial charge in [0.15, 0.2) is 0 Å². The highest BCUT2D eigenvalue weighted by atomic mass is 32.2. The quantitative estimate of drug-likeness (QED) is 0.656. The highest BCUT2D eigenvalue weighted by molar-refractivity contribution is 7.92. The average Bonchev–Trinajstić information content (AvgIpc) is 2.76. The van der Waals surface area contributed by atoms with Gasteiger partial charge in [-0.2, -0.15) is 0 Å². The lowest BCUT2D eigenvalue weighted by Gasteiger charge is -2.31. The molecule has 0 spiro atoms. The van der Waals surface area contributed by atoms with E-state index in [-0.39, 0.29) is 23.5 Å². The minimum atomic E-state index is -3.43. The number of benzene rings is 2. The van der Waals surface area contributed by atoms with Gasteiger partial charge in [0.05, 0.1) is 11.4 Å². The van der Waals surface area contributed by atoms with Crippen LogP contribution in [0.1, 0.15) is 42.1 Å². The van der Waals surface area contributed by atoms with E-state index in [9.17, 15) is 22.4 Å². The van der Waals surface area contributed by atoms with Gasteiger partial charge in [-0.05, 0) is 68.1 Å². The van der Waals surface area contributed by atoms with Crippen molar-refractivity contribution in [2.45, 2.75) is 33.1 Å². The summed E-state index contributed by atoms with van der Waals surface area (Å²) in [5, 5.41) is 2.90. The summed E-state index contributed by atoms with van der Waals surface area (Å²) >= 11 is 0. The summed E-state index contributed by atoms with van der Waals surface area (Å²) in [5.41, 5.74) is 2.06. The van der Waals surface area contributed by atoms with E-state index in [1.54, 1.807) is 36.9 Å². The van der Waals surface area contributed by atoms with Crippen LogP contribution in [0.2, 0.25) is 0 Å². The third kappa shape index (κ3) is 5.85. The zero-order chi connectivity index (χ0) is 23.3. The number of rotatable bonds is 7. The highest BCUT2D eigenvalue weighted by Gasteiger charge is 2.28. The van der Waals surface area contributed by atoms with Gasteiger partial charge in [-0.3, -0.25) is 14.3 Å². The van der Waals surface area contributed by atoms with Crippen LogP contribution in [0.4, 0.5) is 15.8 Å². The Morgan fingerprint density at radius 2 is 1.69 bits per heavy atom. The summed E-state index contributed by atoms with van der Waals surface area (Å²) in [6, 6.07) is 10.5. The van der Waals surface area contributed by atoms with Gasteiger partial charge >= 0.3 is 0 Å². The summed E-state index contributed by atoms with van der Waals surface area (Å²) in [6.45, 7) is 4.42. The molecule has 9 heteroatoms. The molecule has 2 aromatic carbocycles. The average molecular weight is 462 g/mol. The van der Waals surface area contributed by atoms with Crippen molar-refractivity contribution in [1.29, 1.82) is 0 Å². The van der Waals surface area contributed by atoms with Gasteiger partial charge in [0.25, 0.3) is 5.91 Å². The topological polar surface area (TPSA) is 95.6 Å². The lowest BCUT2D eigenvalue weighted by molar-refractivity contribution is -0.121. The number of hydrogen-bond acceptors (Lipinski definition) is 4. The fourth-order valence-electron chi connectivity index (χ4n) is 3.72. The number of amides is 2. The van der Waals surface area contributed by atoms with Crippen LogP contribution in [0.3, 0.4) is 0 Å². The van der Waals surface area contributed by atoms with Crippen LogP contribution < -0.4 is 10.0 Å². The van der Waals surface area contributed by atoms with E-state index in [1.165, 1.54) is 24.3 Å². The van der Waals surface area contributed by atoms with Crippen LogP contribution in [-0.4, -0.2) is 44.0 Å². The molecule has 0 bridgehead atoms. The minimum Gasteiger partial charge on any atom is -0.339 e. The van der Waals surface area contributed by atoms with Crippen LogP contribution in [0.5, 0.6) is 0 Å². The fraction of sp³-hybridized carbons (Fsp3) is 0.391. The van der Waals surface area contributed by atoms with Crippen molar-refractivity contribution in [2.24, 2.45) is 5.92 Å². The largest absolute Gasteiger partial charge is 0.339 e. The minimum absolute atomic E-state index is 0.0260. The third-order valence-corrected chi connectivity index (χ3v) is 7.05. The molecule has 2 aromatic rings. The van der Waals surface area contributed by atoms with E-state index in [4.69, 9.17) is 0 Å². The Labute approximate surface area is 188 Å². The summed E-state index contributed by atoms with van der Waals surface area (Å²) < 4.78 is 39.8. The summed E-state index contributed by atoms with van der Waals surface area (Å²) in [6.07, 6.45) is 1.54. The molecular formula is C23H28FN3O4S. The molecule has 32 heavy (non-hydrogen) atoms. The normalized spacial score (nSPS) is 14.8. The van der Waals surface area contributed by atoms with E-state index < -0.39 is 15.8 Å². The highest BCUT2D eigenvalue weighted by Crippen LogP contribution is 2.27. The maximum Gasteiger partial charge on any atom is 0.253 e. The molecule has 1 aliphatic heterocycles. The van der Waals surface area contributed by atoms with E-state index >= 15 is 0 Å². The van der Waals surface area contributed by atoms with Crippen molar-refractivity contribution in [3.8, 4) is 0 Å². The van der Waals surface area contributed by atoms with Crippen molar-refractivity contribution >= 4 is 33.2 Å². The smallest absolute Gasteiger partial charge is 0.253 e. The van der Waals surface area contributed by atoms with Gasteiger partial charge < -0.3 is 10.2 Å². The van der Waals surface area contributed by atoms with Gasteiger partial charge in [0, 0.05) is 30.3 Å². The first-order valence-electron chi connectivity index (χ1n) is 10.7. The predicted octanol–water partition coefficient (Wildman–Crippen LogP) is 3.78. The molecule has 1 aliphatic rings. The first kappa shape index (κ1) is 23.7. The second-order valence-corrected chi connectivity index (χ2v) is 9.80. The molecule has 3 rings (SSSR count). The molecule has 1 fully saturated rings. The molecule has 1 saturated heterocycles. The van der Waals surface area contributed by atoms with Crippen LogP contribution in [0.25, 0.3) is 0 Å². The molecule has 0 saturated carbocycles. The van der Waals surface area contributed by atoms with Gasteiger partial charge in [-0.15, -0.1) is 0 Å². The van der Waals surface area contributed by atoms with Crippen LogP contribution >= 0.6 is 0 Å². The number of likely N-dealkylation sites (tertiary alicyclic amines) is 1. The lowest BCUT2D eigenvalue weighted by atomic mass is 9.95. The molecule has 0 aromatic heterocycles. The van der Waals surface area contributed by atoms with Gasteiger partial charge in [0.1, 0.15) is 5.82 Å². The maximum absolute atomic E-state index is 13.1. The standard InChI is InChI=1S/C23H28FN3O4S/c1-3-15-32(30,31)26-21-6-4-5-20(16(21)2)25-22(28)17-11-13-27(14-12-17)23(29)18-7-9-19(24)10-8-18/h4-10,17,26H,3,11-15H2,1-2H3,(H,25,28). The Hall–Kier alpha value is -2.94. The molecule has 2 amide bonds. The van der Waals surface area contributed by atoms with E-state index in [0.717, 1.165) is 0 Å². The summed E-state index contributed by atoms with van der Waals surface area (Å²) in [7, 11) is -3.43. The predicted molar refractivity (Wildman–Crippen MR) is 123 cm³/mol. The number of halogens is 1. The fourth-order valence-corrected chi connectivity index (χ4v) is 4.92. The van der Waals surface area contributed by atoms with Crippen molar-refractivity contribution in [3.63, 3.8) is 0 Å². The van der Waals surface area contributed by atoms with Crippen molar-refractivity contribution in [2.75, 3.05) is 28.9 Å². The number of piperidine rings is 1. The number of nitrogens with one attached hydrogen (secondary N) is 2. The number of carbonyl (C=O) groups excluding carboxylic acids is 2. The van der Waals surface area contributed by atoms with Gasteiger partial charge in [-0.25, -0.2) is 12.8 Å². The Bertz CT molecular complexity index is 1080. The Morgan fingerprint density at radius 1 is 1.06 bits per heavy atom. The number of anilines is 2. The molecule has 0 aliphatic carbocycles. The molecule has 0 radical (unpaired) electrons. The van der Waals surface area contributed by atoms with E-state index in [0.29, 0.717) is 54.9 Å². The molecule has 0 unspecified atom stereocenters. The van der Waals surface area contributed by atoms with E-state index in [1.807, 2.05) is 0 Å². The zero-order valence-electron chi connectivity index (χ0n) is 18.2. The van der Waals surface area contributed by atoms with Gasteiger partial charge in [0.2, 0.25) is 15.9 Å². The molecule has 7 nitrogen and oxygen atoms in total. The third-order valence-electron chi connectivity index (χ3n) is 5.57. The maximum atomic E-state index is 13.1. The van der Waals surface area contributed by atoms with Crippen molar-refractivity contribution in [3.05, 3.63) is 59.4 Å². The molecule has 1 heterocycles. The van der Waals surface area contributed by atoms with Crippen LogP contribution in [0.15, 0.2) is 42.5 Å². The lowest BCUT2D eigenvalue weighted by Crippen LogP contribution is -2.41. The zero-order valence-corrected chi connectivity index (χ0v) is 19.0. The van der Waals surface area contributed by atoms with Crippen LogP contribution in [0, 0.1) is 18.7 Å². The number of nitrogens with zero attached hydrogens (tertiary/aromatic N) is 1. The Balaban J connectivity index is 1.60. The molecule has 2 N–H and O–H groups in total. The van der Waals surface area contributed by atoms with Gasteiger partial charge in [-0.1, -0.05) is 13.0 Å². The second kappa shape index (κ2) is 10.1. The van der Waals surface area contributed by atoms with Crippen molar-refractivity contribution < 1.29 is 22.4 Å². The second-order valence-electron chi connectivity index (χ2n) is 7.96. The summed E-state index contributed by atoms with van der Waals surface area (Å²) in [4.78, 5) is 27.0. The van der Waals surface area contributed by atoms with Crippen LogP contribution in [-0.2, 0) is 14.8 Å². The van der Waals surface area contributed by atoms with Crippen molar-refractivity contribution in [1.82, 2.24) is 4.90 Å². The first-order valence-corrected chi connectivity index (χ1v) is 12.3. The Kier molecular flexibility index (Phi) is 7.50. The molecule has 0 atom stereocenters. The first-order chi connectivity index (χ1) is 15.2. The summed E-state index contributed by atoms with van der Waals surface area (Å²) in [5.74, 6) is -0.956.